The van der Waals surface area contributed by atoms with Gasteiger partial charge in [0.25, 0.3) is 5.22 Å². The molecule has 1 atom stereocenters. The Morgan fingerprint density at radius 2 is 2.15 bits per heavy atom. The lowest BCUT2D eigenvalue weighted by Crippen LogP contribution is -2.07. The molecule has 1 fully saturated rings. The first kappa shape index (κ1) is 19.2. The summed E-state index contributed by atoms with van der Waals surface area (Å²) in [6.07, 6.45) is 1.11. The number of carbonyl (C=O) groups excluding carboxylic acids is 1. The van der Waals surface area contributed by atoms with E-state index in [4.69, 9.17) is 4.42 Å². The molecular weight excluding hydrogens is 374 g/mol. The van der Waals surface area contributed by atoms with Crippen molar-refractivity contribution in [1.82, 2.24) is 14.8 Å². The molecule has 3 heterocycles. The van der Waals surface area contributed by atoms with Crippen molar-refractivity contribution in [2.75, 3.05) is 17.3 Å². The second-order valence-corrected chi connectivity index (χ2v) is 9.83. The molecule has 2 aromatic rings. The van der Waals surface area contributed by atoms with Gasteiger partial charge in [-0.3, -0.25) is 4.79 Å². The fraction of sp³-hybridized carbons (Fsp3) is 0.588. The first-order valence-corrected chi connectivity index (χ1v) is 11.4. The Hall–Kier alpha value is -1.61. The summed E-state index contributed by atoms with van der Waals surface area (Å²) < 4.78 is 30.7. The van der Waals surface area contributed by atoms with Crippen LogP contribution >= 0.6 is 11.8 Å². The summed E-state index contributed by atoms with van der Waals surface area (Å²) in [6, 6.07) is 1.92. The maximum atomic E-state index is 12.5. The third-order valence-electron chi connectivity index (χ3n) is 4.76. The van der Waals surface area contributed by atoms with Crippen LogP contribution in [0, 0.1) is 19.8 Å². The van der Waals surface area contributed by atoms with Crippen LogP contribution < -0.4 is 0 Å². The zero-order chi connectivity index (χ0) is 18.9. The van der Waals surface area contributed by atoms with Gasteiger partial charge in [-0.25, -0.2) is 8.42 Å². The van der Waals surface area contributed by atoms with Crippen LogP contribution in [-0.4, -0.2) is 46.2 Å². The van der Waals surface area contributed by atoms with Crippen molar-refractivity contribution in [3.63, 3.8) is 0 Å². The Morgan fingerprint density at radius 1 is 1.38 bits per heavy atom. The molecule has 0 N–H and O–H groups in total. The topological polar surface area (TPSA) is 95.1 Å². The summed E-state index contributed by atoms with van der Waals surface area (Å²) in [5.74, 6) is 1.16. The minimum Gasteiger partial charge on any atom is -0.416 e. The van der Waals surface area contributed by atoms with Crippen LogP contribution in [0.4, 0.5) is 0 Å². The number of rotatable bonds is 7. The lowest BCUT2D eigenvalue weighted by Gasteiger charge is -2.05. The van der Waals surface area contributed by atoms with E-state index in [-0.39, 0.29) is 29.0 Å². The lowest BCUT2D eigenvalue weighted by atomic mass is 10.1. The largest absolute Gasteiger partial charge is 0.416 e. The number of nitrogens with zero attached hydrogens (tertiary/aromatic N) is 3. The Kier molecular flexibility index (Phi) is 5.57. The Bertz CT molecular complexity index is 915. The lowest BCUT2D eigenvalue weighted by molar-refractivity contribution is 0.102. The first-order chi connectivity index (χ1) is 12.3. The minimum atomic E-state index is -2.91. The van der Waals surface area contributed by atoms with Crippen molar-refractivity contribution in [3.8, 4) is 0 Å². The molecule has 2 aromatic heterocycles. The van der Waals surface area contributed by atoms with Crippen molar-refractivity contribution >= 4 is 27.4 Å². The van der Waals surface area contributed by atoms with Crippen LogP contribution in [0.25, 0.3) is 0 Å². The Labute approximate surface area is 157 Å². The number of ketones is 1. The van der Waals surface area contributed by atoms with Crippen LogP contribution in [-0.2, 0) is 22.8 Å². The van der Waals surface area contributed by atoms with Crippen LogP contribution in [0.2, 0.25) is 0 Å². The van der Waals surface area contributed by atoms with Gasteiger partial charge in [-0.15, -0.1) is 10.2 Å². The molecule has 1 saturated heterocycles. The number of Topliss-reactive ketones (excluding diaryl/α,β-unsaturated/α-hetero) is 1. The summed E-state index contributed by atoms with van der Waals surface area (Å²) in [5.41, 5.74) is 2.78. The molecule has 0 spiro atoms. The van der Waals surface area contributed by atoms with Gasteiger partial charge >= 0.3 is 0 Å². The van der Waals surface area contributed by atoms with E-state index in [1.54, 1.807) is 0 Å². The normalized spacial score (nSPS) is 19.1. The maximum absolute atomic E-state index is 12.5. The van der Waals surface area contributed by atoms with Gasteiger partial charge in [0.15, 0.2) is 15.6 Å². The van der Waals surface area contributed by atoms with E-state index in [0.717, 1.165) is 23.5 Å². The zero-order valence-corrected chi connectivity index (χ0v) is 16.8. The third kappa shape index (κ3) is 4.20. The molecule has 0 bridgehead atoms. The average Bonchev–Trinajstić information content (AvgIpc) is 3.24. The van der Waals surface area contributed by atoms with E-state index >= 15 is 0 Å². The van der Waals surface area contributed by atoms with Crippen molar-refractivity contribution in [2.24, 2.45) is 5.92 Å². The zero-order valence-electron chi connectivity index (χ0n) is 15.2. The van der Waals surface area contributed by atoms with Crippen LogP contribution in [0.15, 0.2) is 15.7 Å². The molecular formula is C17H23N3O4S2. The molecule has 0 amide bonds. The number of thioether (sulfide) groups is 1. The molecule has 0 aliphatic carbocycles. The van der Waals surface area contributed by atoms with E-state index in [1.165, 1.54) is 11.8 Å². The van der Waals surface area contributed by atoms with Crippen molar-refractivity contribution in [2.45, 2.75) is 45.4 Å². The number of hydrogen-bond acceptors (Lipinski definition) is 7. The van der Waals surface area contributed by atoms with E-state index in [2.05, 4.69) is 21.7 Å². The van der Waals surface area contributed by atoms with E-state index in [0.29, 0.717) is 24.0 Å². The summed E-state index contributed by atoms with van der Waals surface area (Å²) in [7, 11) is -2.91. The second kappa shape index (κ2) is 7.56. The fourth-order valence-corrected chi connectivity index (χ4v) is 5.96. The molecule has 0 aromatic carbocycles. The number of sulfone groups is 1. The summed E-state index contributed by atoms with van der Waals surface area (Å²) in [5, 5.41) is 8.29. The summed E-state index contributed by atoms with van der Waals surface area (Å²) in [4.78, 5) is 12.5. The molecule has 0 radical (unpaired) electrons. The molecule has 142 valence electrons. The quantitative estimate of drug-likeness (QED) is 0.523. The van der Waals surface area contributed by atoms with Crippen LogP contribution in [0.3, 0.4) is 0 Å². The molecule has 1 aliphatic heterocycles. The highest BCUT2D eigenvalue weighted by molar-refractivity contribution is 7.99. The third-order valence-corrected chi connectivity index (χ3v) is 7.41. The van der Waals surface area contributed by atoms with Gasteiger partial charge in [0, 0.05) is 29.9 Å². The fourth-order valence-electron chi connectivity index (χ4n) is 3.43. The van der Waals surface area contributed by atoms with Gasteiger partial charge in [0.05, 0.1) is 17.3 Å². The van der Waals surface area contributed by atoms with Gasteiger partial charge < -0.3 is 8.98 Å². The highest BCUT2D eigenvalue weighted by Crippen LogP contribution is 2.25. The molecule has 0 unspecified atom stereocenters. The summed E-state index contributed by atoms with van der Waals surface area (Å²) >= 11 is 1.22. The number of hydrogen-bond donors (Lipinski definition) is 0. The molecule has 3 rings (SSSR count). The van der Waals surface area contributed by atoms with Gasteiger partial charge in [-0.2, -0.15) is 0 Å². The predicted molar refractivity (Wildman–Crippen MR) is 99.4 cm³/mol. The number of aryl methyl sites for hydroxylation is 1. The maximum Gasteiger partial charge on any atom is 0.277 e. The molecule has 7 nitrogen and oxygen atoms in total. The van der Waals surface area contributed by atoms with Gasteiger partial charge in [0.2, 0.25) is 5.89 Å². The van der Waals surface area contributed by atoms with Gasteiger partial charge in [0.1, 0.15) is 0 Å². The van der Waals surface area contributed by atoms with E-state index in [9.17, 15) is 13.2 Å². The highest BCUT2D eigenvalue weighted by Gasteiger charge is 2.29. The predicted octanol–water partition coefficient (Wildman–Crippen LogP) is 2.46. The average molecular weight is 398 g/mol. The molecule has 1 aliphatic rings. The second-order valence-electron chi connectivity index (χ2n) is 6.68. The van der Waals surface area contributed by atoms with E-state index < -0.39 is 9.84 Å². The van der Waals surface area contributed by atoms with Crippen molar-refractivity contribution in [3.05, 3.63) is 28.9 Å². The number of aromatic nitrogens is 3. The smallest absolute Gasteiger partial charge is 0.277 e. The SMILES string of the molecule is CCn1c(C)cc(C(=O)CSc2nnc(C[C@H]3CCS(=O)(=O)C3)o2)c1C. The first-order valence-electron chi connectivity index (χ1n) is 8.64. The monoisotopic (exact) mass is 397 g/mol. The van der Waals surface area contributed by atoms with Gasteiger partial charge in [-0.1, -0.05) is 11.8 Å². The minimum absolute atomic E-state index is 0.0319. The van der Waals surface area contributed by atoms with Crippen LogP contribution in [0.1, 0.15) is 41.0 Å². The molecule has 9 heteroatoms. The highest BCUT2D eigenvalue weighted by atomic mass is 32.2. The Balaban J connectivity index is 1.57. The molecule has 0 saturated carbocycles. The van der Waals surface area contributed by atoms with Crippen LogP contribution in [0.5, 0.6) is 0 Å². The standard InChI is InChI=1S/C17H23N3O4S2/c1-4-20-11(2)7-14(12(20)3)15(21)9-25-17-19-18-16(24-17)8-13-5-6-26(22,23)10-13/h7,13H,4-6,8-10H2,1-3H3/t13-/m1/s1. The van der Waals surface area contributed by atoms with E-state index in [1.807, 2.05) is 19.9 Å². The van der Waals surface area contributed by atoms with Gasteiger partial charge in [-0.05, 0) is 39.2 Å². The number of carbonyl (C=O) groups is 1. The van der Waals surface area contributed by atoms with Crippen molar-refractivity contribution < 1.29 is 17.6 Å². The summed E-state index contributed by atoms with van der Waals surface area (Å²) in [6.45, 7) is 6.84. The molecule has 26 heavy (non-hydrogen) atoms. The Morgan fingerprint density at radius 3 is 2.77 bits per heavy atom. The van der Waals surface area contributed by atoms with Crippen molar-refractivity contribution in [1.29, 1.82) is 0 Å².